The van der Waals surface area contributed by atoms with Crippen LogP contribution in [0, 0.1) is 5.41 Å². The number of carbonyl (C=O) groups excluding carboxylic acids is 2. The molecule has 1 aliphatic rings. The molecule has 0 aliphatic carbocycles. The van der Waals surface area contributed by atoms with E-state index < -0.39 is 29.4 Å². The van der Waals surface area contributed by atoms with Crippen molar-refractivity contribution in [2.24, 2.45) is 5.41 Å². The maximum atomic E-state index is 12.3. The molecular weight excluding hydrogens is 301 g/mol. The molecule has 0 radical (unpaired) electrons. The lowest BCUT2D eigenvalue weighted by Crippen LogP contribution is -2.35. The fourth-order valence-electron chi connectivity index (χ4n) is 2.31. The molecule has 1 heterocycles. The van der Waals surface area contributed by atoms with Gasteiger partial charge in [0.2, 0.25) is 5.91 Å². The van der Waals surface area contributed by atoms with Crippen molar-refractivity contribution < 1.29 is 14.7 Å². The molecular formula is C14H15Cl2NO3. The van der Waals surface area contributed by atoms with Gasteiger partial charge in [0, 0.05) is 10.0 Å². The van der Waals surface area contributed by atoms with Gasteiger partial charge in [-0.15, -0.1) is 0 Å². The van der Waals surface area contributed by atoms with E-state index in [9.17, 15) is 14.7 Å². The van der Waals surface area contributed by atoms with Crippen LogP contribution in [0.25, 0.3) is 0 Å². The van der Waals surface area contributed by atoms with Crippen LogP contribution in [0.3, 0.4) is 0 Å². The highest BCUT2D eigenvalue weighted by Crippen LogP contribution is 2.39. The summed E-state index contributed by atoms with van der Waals surface area (Å²) in [5, 5.41) is 10.8. The molecule has 1 fully saturated rings. The fourth-order valence-corrected chi connectivity index (χ4v) is 2.88. The van der Waals surface area contributed by atoms with Crippen molar-refractivity contribution in [1.29, 1.82) is 0 Å². The zero-order valence-electron chi connectivity index (χ0n) is 11.4. The summed E-state index contributed by atoms with van der Waals surface area (Å²) in [6, 6.07) is 4.32. The van der Waals surface area contributed by atoms with Gasteiger partial charge in [-0.25, -0.2) is 0 Å². The maximum absolute atomic E-state index is 12.3. The number of nitrogens with zero attached hydrogens (tertiary/aromatic N) is 1. The summed E-state index contributed by atoms with van der Waals surface area (Å²) in [5.74, 6) is -1.01. The van der Waals surface area contributed by atoms with Gasteiger partial charge < -0.3 is 5.11 Å². The van der Waals surface area contributed by atoms with Gasteiger partial charge in [0.05, 0.1) is 11.5 Å². The Kier molecular flexibility index (Phi) is 3.84. The van der Waals surface area contributed by atoms with Crippen molar-refractivity contribution in [1.82, 2.24) is 4.90 Å². The molecule has 1 N–H and O–H groups in total. The topological polar surface area (TPSA) is 57.6 Å². The highest BCUT2D eigenvalue weighted by molar-refractivity contribution is 6.35. The SMILES string of the molecule is CC(c1ccc(Cl)cc1Cl)N1C(=O)C(O)C(C)(C)C1=O. The number of amides is 2. The van der Waals surface area contributed by atoms with Gasteiger partial charge >= 0.3 is 0 Å². The predicted molar refractivity (Wildman–Crippen MR) is 76.5 cm³/mol. The van der Waals surface area contributed by atoms with Crippen molar-refractivity contribution in [3.8, 4) is 0 Å². The number of aliphatic hydroxyl groups excluding tert-OH is 1. The molecule has 0 aromatic heterocycles. The fraction of sp³-hybridized carbons (Fsp3) is 0.429. The highest BCUT2D eigenvalue weighted by Gasteiger charge is 2.54. The number of rotatable bonds is 2. The van der Waals surface area contributed by atoms with Gasteiger partial charge in [-0.1, -0.05) is 29.3 Å². The third kappa shape index (κ3) is 2.22. The number of halogens is 2. The Morgan fingerprint density at radius 3 is 2.35 bits per heavy atom. The van der Waals surface area contributed by atoms with Gasteiger partial charge in [-0.05, 0) is 38.5 Å². The Hall–Kier alpha value is -1.10. The van der Waals surface area contributed by atoms with E-state index in [4.69, 9.17) is 23.2 Å². The third-order valence-electron chi connectivity index (χ3n) is 3.72. The summed E-state index contributed by atoms with van der Waals surface area (Å²) in [6.07, 6.45) is -1.33. The van der Waals surface area contributed by atoms with Gasteiger partial charge in [0.1, 0.15) is 6.10 Å². The molecule has 6 heteroatoms. The molecule has 0 spiro atoms. The average molecular weight is 316 g/mol. The first-order valence-corrected chi connectivity index (χ1v) is 6.94. The first kappa shape index (κ1) is 15.3. The van der Waals surface area contributed by atoms with E-state index in [1.807, 2.05) is 0 Å². The van der Waals surface area contributed by atoms with E-state index in [-0.39, 0.29) is 0 Å². The number of likely N-dealkylation sites (tertiary alicyclic amines) is 1. The number of hydrogen-bond acceptors (Lipinski definition) is 3. The molecule has 0 bridgehead atoms. The Balaban J connectivity index is 2.41. The molecule has 4 nitrogen and oxygen atoms in total. The lowest BCUT2D eigenvalue weighted by molar-refractivity contribution is -0.143. The zero-order valence-corrected chi connectivity index (χ0v) is 12.9. The summed E-state index contributed by atoms with van der Waals surface area (Å²) >= 11 is 11.9. The second-order valence-corrected chi connectivity index (χ2v) is 6.32. The van der Waals surface area contributed by atoms with E-state index in [1.165, 1.54) is 0 Å². The lowest BCUT2D eigenvalue weighted by Gasteiger charge is -2.25. The Morgan fingerprint density at radius 1 is 1.30 bits per heavy atom. The van der Waals surface area contributed by atoms with Crippen LogP contribution in [-0.4, -0.2) is 27.9 Å². The van der Waals surface area contributed by atoms with Crippen LogP contribution in [0.4, 0.5) is 0 Å². The second-order valence-electron chi connectivity index (χ2n) is 5.48. The lowest BCUT2D eigenvalue weighted by atomic mass is 9.89. The number of hydrogen-bond donors (Lipinski definition) is 1. The normalized spacial score (nSPS) is 23.3. The van der Waals surface area contributed by atoms with Gasteiger partial charge in [0.25, 0.3) is 5.91 Å². The number of aliphatic hydroxyl groups is 1. The molecule has 1 saturated heterocycles. The zero-order chi connectivity index (χ0) is 15.2. The van der Waals surface area contributed by atoms with Crippen LogP contribution in [0.2, 0.25) is 10.0 Å². The van der Waals surface area contributed by atoms with Gasteiger partial charge in [-0.2, -0.15) is 0 Å². The van der Waals surface area contributed by atoms with Crippen LogP contribution < -0.4 is 0 Å². The van der Waals surface area contributed by atoms with Gasteiger partial charge in [-0.3, -0.25) is 14.5 Å². The Bertz CT molecular complexity index is 586. The molecule has 2 amide bonds. The van der Waals surface area contributed by atoms with Gasteiger partial charge in [0.15, 0.2) is 0 Å². The molecule has 108 valence electrons. The monoisotopic (exact) mass is 315 g/mol. The average Bonchev–Trinajstić information content (AvgIpc) is 2.50. The Labute approximate surface area is 127 Å². The molecule has 0 saturated carbocycles. The molecule has 1 aromatic rings. The minimum absolute atomic E-state index is 0.379. The smallest absolute Gasteiger partial charge is 0.259 e. The quantitative estimate of drug-likeness (QED) is 0.854. The predicted octanol–water partition coefficient (Wildman–Crippen LogP) is 2.81. The van der Waals surface area contributed by atoms with Crippen molar-refractivity contribution in [3.63, 3.8) is 0 Å². The van der Waals surface area contributed by atoms with E-state index in [0.717, 1.165) is 4.90 Å². The minimum atomic E-state index is -1.33. The van der Waals surface area contributed by atoms with Crippen LogP contribution in [-0.2, 0) is 9.59 Å². The summed E-state index contributed by atoms with van der Waals surface area (Å²) in [5.41, 5.74) is -0.507. The van der Waals surface area contributed by atoms with Crippen molar-refractivity contribution in [2.45, 2.75) is 32.9 Å². The van der Waals surface area contributed by atoms with E-state index in [2.05, 4.69) is 0 Å². The largest absolute Gasteiger partial charge is 0.382 e. The van der Waals surface area contributed by atoms with Crippen LogP contribution in [0.5, 0.6) is 0 Å². The van der Waals surface area contributed by atoms with Crippen LogP contribution >= 0.6 is 23.2 Å². The van der Waals surface area contributed by atoms with E-state index >= 15 is 0 Å². The molecule has 1 aromatic carbocycles. The standard InChI is InChI=1S/C14H15Cl2NO3/c1-7(9-5-4-8(15)6-10(9)16)17-12(19)11(18)14(2,3)13(17)20/h4-7,11,18H,1-3H3. The molecule has 2 rings (SSSR count). The summed E-state index contributed by atoms with van der Waals surface area (Å²) in [7, 11) is 0. The highest BCUT2D eigenvalue weighted by atomic mass is 35.5. The molecule has 1 aliphatic heterocycles. The molecule has 2 atom stereocenters. The van der Waals surface area contributed by atoms with E-state index in [0.29, 0.717) is 15.6 Å². The number of carbonyl (C=O) groups is 2. The van der Waals surface area contributed by atoms with E-state index in [1.54, 1.807) is 39.0 Å². The molecule has 2 unspecified atom stereocenters. The maximum Gasteiger partial charge on any atom is 0.259 e. The van der Waals surface area contributed by atoms with Crippen LogP contribution in [0.15, 0.2) is 18.2 Å². The Morgan fingerprint density at radius 2 is 1.90 bits per heavy atom. The van der Waals surface area contributed by atoms with Crippen molar-refractivity contribution >= 4 is 35.0 Å². The molecule has 20 heavy (non-hydrogen) atoms. The number of benzene rings is 1. The van der Waals surface area contributed by atoms with Crippen molar-refractivity contribution in [2.75, 3.05) is 0 Å². The summed E-state index contributed by atoms with van der Waals surface area (Å²) in [4.78, 5) is 25.5. The summed E-state index contributed by atoms with van der Waals surface area (Å²) < 4.78 is 0. The van der Waals surface area contributed by atoms with Crippen LogP contribution in [0.1, 0.15) is 32.4 Å². The first-order chi connectivity index (χ1) is 9.17. The third-order valence-corrected chi connectivity index (χ3v) is 4.29. The minimum Gasteiger partial charge on any atom is -0.382 e. The number of imide groups is 1. The second kappa shape index (κ2) is 5.02. The first-order valence-electron chi connectivity index (χ1n) is 6.18. The summed E-state index contributed by atoms with van der Waals surface area (Å²) in [6.45, 7) is 4.79. The van der Waals surface area contributed by atoms with Crippen molar-refractivity contribution in [3.05, 3.63) is 33.8 Å².